The van der Waals surface area contributed by atoms with E-state index in [1.165, 1.54) is 12.2 Å². The molecule has 21 heavy (non-hydrogen) atoms. The maximum Gasteiger partial charge on any atom is 0.401 e. The van der Waals surface area contributed by atoms with Gasteiger partial charge in [0.05, 0.1) is 12.5 Å². The summed E-state index contributed by atoms with van der Waals surface area (Å²) in [5, 5.41) is 9.25. The highest BCUT2D eigenvalue weighted by Crippen LogP contribution is 2.49. The van der Waals surface area contributed by atoms with Crippen molar-refractivity contribution in [3.63, 3.8) is 0 Å². The molecule has 0 radical (unpaired) electrons. The third kappa shape index (κ3) is 2.58. The van der Waals surface area contributed by atoms with Crippen LogP contribution < -0.4 is 5.73 Å². The van der Waals surface area contributed by atoms with Gasteiger partial charge in [-0.1, -0.05) is 48.6 Å². The normalized spacial score (nSPS) is 25.5. The molecule has 2 unspecified atom stereocenters. The third-order valence-corrected chi connectivity index (χ3v) is 3.66. The molecule has 1 aromatic rings. The molecule has 1 aliphatic rings. The smallest absolute Gasteiger partial charge is 0.395 e. The predicted octanol–water partition coefficient (Wildman–Crippen LogP) is 2.28. The molecule has 0 bridgehead atoms. The Bertz CT molecular complexity index is 593. The Hall–Kier alpha value is -2.08. The molecule has 1 aliphatic carbocycles. The molecule has 0 saturated carbocycles. The molecule has 2 atom stereocenters. The van der Waals surface area contributed by atoms with E-state index in [0.29, 0.717) is 11.1 Å². The number of nitrogens with two attached hydrogens (primary N) is 1. The number of allylic oxidation sites excluding steroid dienone is 2. The number of carbonyl (C=O) groups excluding carboxylic acids is 1. The number of aliphatic hydroxyl groups is 1. The van der Waals surface area contributed by atoms with Gasteiger partial charge in [0, 0.05) is 0 Å². The molecule has 112 valence electrons. The van der Waals surface area contributed by atoms with Gasteiger partial charge in [0.1, 0.15) is 5.41 Å². The van der Waals surface area contributed by atoms with Crippen LogP contribution in [0.1, 0.15) is 5.56 Å². The molecule has 6 heteroatoms. The fourth-order valence-corrected chi connectivity index (χ4v) is 2.40. The molecular weight excluding hydrogens is 283 g/mol. The summed E-state index contributed by atoms with van der Waals surface area (Å²) >= 11 is 0. The second-order valence-corrected chi connectivity index (χ2v) is 4.90. The topological polar surface area (TPSA) is 63.3 Å². The van der Waals surface area contributed by atoms with E-state index in [1.54, 1.807) is 30.3 Å². The molecule has 0 heterocycles. The largest absolute Gasteiger partial charge is 0.401 e. The molecule has 0 aromatic heterocycles. The van der Waals surface area contributed by atoms with Crippen molar-refractivity contribution in [2.24, 2.45) is 17.1 Å². The summed E-state index contributed by atoms with van der Waals surface area (Å²) in [7, 11) is 0. The minimum absolute atomic E-state index is 0.465. The Kier molecular flexibility index (Phi) is 3.91. The molecule has 0 spiro atoms. The number of amides is 1. The summed E-state index contributed by atoms with van der Waals surface area (Å²) in [6.07, 6.45) is -1.53. The van der Waals surface area contributed by atoms with E-state index in [2.05, 4.69) is 0 Å². The number of aliphatic hydroxyl groups excluding tert-OH is 1. The second kappa shape index (κ2) is 5.37. The summed E-state index contributed by atoms with van der Waals surface area (Å²) in [5.74, 6) is -2.78. The summed E-state index contributed by atoms with van der Waals surface area (Å²) in [6.45, 7) is -1.24. The van der Waals surface area contributed by atoms with Gasteiger partial charge in [-0.25, -0.2) is 0 Å². The maximum atomic E-state index is 13.3. The Morgan fingerprint density at radius 1 is 1.29 bits per heavy atom. The summed E-state index contributed by atoms with van der Waals surface area (Å²) in [5.41, 5.74) is 3.60. The molecule has 0 saturated heterocycles. The zero-order chi connectivity index (χ0) is 15.7. The molecule has 3 N–H and O–H groups in total. The highest BCUT2D eigenvalue weighted by atomic mass is 19.4. The fraction of sp³-hybridized carbons (Fsp3) is 0.267. The first-order valence-corrected chi connectivity index (χ1v) is 6.25. The SMILES string of the molecule is NC(=O)C1C=C(c2ccccc2)C=CC1(CO)C(F)(F)F. The maximum absolute atomic E-state index is 13.3. The summed E-state index contributed by atoms with van der Waals surface area (Å²) in [6, 6.07) is 8.68. The zero-order valence-electron chi connectivity index (χ0n) is 11.0. The van der Waals surface area contributed by atoms with Gasteiger partial charge < -0.3 is 10.8 Å². The molecule has 1 amide bonds. The van der Waals surface area contributed by atoms with Crippen LogP contribution in [0.2, 0.25) is 0 Å². The number of rotatable bonds is 3. The number of benzene rings is 1. The van der Waals surface area contributed by atoms with Crippen LogP contribution in [0.4, 0.5) is 13.2 Å². The summed E-state index contributed by atoms with van der Waals surface area (Å²) < 4.78 is 39.9. The van der Waals surface area contributed by atoms with Crippen molar-refractivity contribution in [1.82, 2.24) is 0 Å². The lowest BCUT2D eigenvalue weighted by Gasteiger charge is -2.37. The van der Waals surface area contributed by atoms with Gasteiger partial charge in [0.2, 0.25) is 5.91 Å². The fourth-order valence-electron chi connectivity index (χ4n) is 2.40. The van der Waals surface area contributed by atoms with Gasteiger partial charge in [-0.15, -0.1) is 0 Å². The van der Waals surface area contributed by atoms with Crippen LogP contribution in [0.5, 0.6) is 0 Å². The lowest BCUT2D eigenvalue weighted by Crippen LogP contribution is -2.50. The van der Waals surface area contributed by atoms with Crippen molar-refractivity contribution in [2.45, 2.75) is 6.18 Å². The summed E-state index contributed by atoms with van der Waals surface area (Å²) in [4.78, 5) is 11.5. The predicted molar refractivity (Wildman–Crippen MR) is 71.8 cm³/mol. The first kappa shape index (κ1) is 15.3. The van der Waals surface area contributed by atoms with Crippen LogP contribution in [0.25, 0.3) is 5.57 Å². The molecule has 1 aromatic carbocycles. The second-order valence-electron chi connectivity index (χ2n) is 4.90. The Balaban J connectivity index is 2.51. The van der Waals surface area contributed by atoms with Crippen molar-refractivity contribution in [3.8, 4) is 0 Å². The Morgan fingerprint density at radius 2 is 1.90 bits per heavy atom. The first-order valence-electron chi connectivity index (χ1n) is 6.25. The van der Waals surface area contributed by atoms with Crippen molar-refractivity contribution < 1.29 is 23.1 Å². The van der Waals surface area contributed by atoms with Crippen LogP contribution in [-0.4, -0.2) is 23.8 Å². The van der Waals surface area contributed by atoms with E-state index in [-0.39, 0.29) is 0 Å². The van der Waals surface area contributed by atoms with E-state index < -0.39 is 30.0 Å². The number of hydrogen-bond donors (Lipinski definition) is 2. The van der Waals surface area contributed by atoms with Gasteiger partial charge in [0.25, 0.3) is 0 Å². The average Bonchev–Trinajstić information content (AvgIpc) is 2.46. The molecule has 2 rings (SSSR count). The standard InChI is InChI=1S/C15H14F3NO2/c16-15(17,18)14(9-20)7-6-11(8-12(14)13(19)21)10-4-2-1-3-5-10/h1-8,12,20H,9H2,(H2,19,21). The van der Waals surface area contributed by atoms with Crippen LogP contribution in [0, 0.1) is 11.3 Å². The molecular formula is C15H14F3NO2. The first-order chi connectivity index (χ1) is 9.82. The number of hydrogen-bond acceptors (Lipinski definition) is 2. The Morgan fingerprint density at radius 3 is 2.38 bits per heavy atom. The quantitative estimate of drug-likeness (QED) is 0.899. The minimum Gasteiger partial charge on any atom is -0.395 e. The number of primary amides is 1. The lowest BCUT2D eigenvalue weighted by atomic mass is 9.70. The van der Waals surface area contributed by atoms with Gasteiger partial charge in [-0.3, -0.25) is 4.79 Å². The van der Waals surface area contributed by atoms with E-state index >= 15 is 0 Å². The average molecular weight is 297 g/mol. The number of halogens is 3. The van der Waals surface area contributed by atoms with Crippen LogP contribution in [-0.2, 0) is 4.79 Å². The van der Waals surface area contributed by atoms with Crippen LogP contribution in [0.15, 0.2) is 48.6 Å². The van der Waals surface area contributed by atoms with E-state index in [1.807, 2.05) is 0 Å². The molecule has 0 aliphatic heterocycles. The molecule has 0 fully saturated rings. The van der Waals surface area contributed by atoms with E-state index in [0.717, 1.165) is 6.08 Å². The Labute approximate surface area is 119 Å². The third-order valence-electron chi connectivity index (χ3n) is 3.66. The zero-order valence-corrected chi connectivity index (χ0v) is 11.0. The lowest BCUT2D eigenvalue weighted by molar-refractivity contribution is -0.228. The highest BCUT2D eigenvalue weighted by Gasteiger charge is 2.59. The van der Waals surface area contributed by atoms with Crippen LogP contribution in [0.3, 0.4) is 0 Å². The van der Waals surface area contributed by atoms with Crippen molar-refractivity contribution >= 4 is 11.5 Å². The van der Waals surface area contributed by atoms with Gasteiger partial charge in [0.15, 0.2) is 0 Å². The minimum atomic E-state index is -4.78. The van der Waals surface area contributed by atoms with Crippen molar-refractivity contribution in [1.29, 1.82) is 0 Å². The number of alkyl halides is 3. The van der Waals surface area contributed by atoms with Gasteiger partial charge >= 0.3 is 6.18 Å². The van der Waals surface area contributed by atoms with Crippen molar-refractivity contribution in [3.05, 3.63) is 54.1 Å². The van der Waals surface area contributed by atoms with Gasteiger partial charge in [-0.2, -0.15) is 13.2 Å². The highest BCUT2D eigenvalue weighted by molar-refractivity contribution is 5.86. The van der Waals surface area contributed by atoms with Gasteiger partial charge in [-0.05, 0) is 11.1 Å². The van der Waals surface area contributed by atoms with E-state index in [4.69, 9.17) is 5.73 Å². The van der Waals surface area contributed by atoms with Crippen LogP contribution >= 0.6 is 0 Å². The number of carbonyl (C=O) groups is 1. The molecule has 3 nitrogen and oxygen atoms in total. The van der Waals surface area contributed by atoms with Crippen molar-refractivity contribution in [2.75, 3.05) is 6.61 Å². The monoisotopic (exact) mass is 297 g/mol. The van der Waals surface area contributed by atoms with E-state index in [9.17, 15) is 23.1 Å².